The van der Waals surface area contributed by atoms with Crippen LogP contribution in [0.1, 0.15) is 24.0 Å². The molecule has 0 aliphatic heterocycles. The summed E-state index contributed by atoms with van der Waals surface area (Å²) >= 11 is 0. The van der Waals surface area contributed by atoms with E-state index in [2.05, 4.69) is 4.99 Å². The molecule has 5 N–H and O–H groups in total. The van der Waals surface area contributed by atoms with Gasteiger partial charge in [0.15, 0.2) is 0 Å². The Bertz CT molecular complexity index is 526. The number of carbonyl (C=O) groups excluding carboxylic acids is 1. The molecule has 1 rings (SSSR count). The molecule has 0 aliphatic rings. The number of benzene rings is 1. The number of nitrogens with one attached hydrogen (secondary N) is 1. The van der Waals surface area contributed by atoms with Crippen molar-refractivity contribution in [3.63, 3.8) is 0 Å². The van der Waals surface area contributed by atoms with Crippen LogP contribution in [0, 0.1) is 5.41 Å². The summed E-state index contributed by atoms with van der Waals surface area (Å²) in [6.45, 7) is 0. The highest BCUT2D eigenvalue weighted by molar-refractivity contribution is 6.05. The van der Waals surface area contributed by atoms with E-state index < -0.39 is 0 Å². The Morgan fingerprint density at radius 2 is 2.25 bits per heavy atom. The molecule has 0 saturated carbocycles. The lowest BCUT2D eigenvalue weighted by atomic mass is 9.98. The van der Waals surface area contributed by atoms with Crippen molar-refractivity contribution >= 4 is 23.9 Å². The van der Waals surface area contributed by atoms with Gasteiger partial charge in [0.05, 0.1) is 7.11 Å². The van der Waals surface area contributed by atoms with Gasteiger partial charge in [0.1, 0.15) is 12.0 Å². The maximum atomic E-state index is 10.5. The van der Waals surface area contributed by atoms with Crippen LogP contribution < -0.4 is 16.2 Å². The van der Waals surface area contributed by atoms with E-state index in [1.807, 2.05) is 0 Å². The molecule has 6 nitrogen and oxygen atoms in total. The zero-order chi connectivity index (χ0) is 15.1. The van der Waals surface area contributed by atoms with Crippen molar-refractivity contribution < 1.29 is 9.53 Å². The van der Waals surface area contributed by atoms with E-state index in [-0.39, 0.29) is 12.5 Å². The van der Waals surface area contributed by atoms with Crippen LogP contribution in [0.5, 0.6) is 5.75 Å². The third-order valence-corrected chi connectivity index (χ3v) is 3.00. The van der Waals surface area contributed by atoms with Gasteiger partial charge in [0.2, 0.25) is 0 Å². The minimum absolute atomic E-state index is 0.272. The van der Waals surface area contributed by atoms with Crippen LogP contribution in [0.15, 0.2) is 17.1 Å². The molecule has 0 fully saturated rings. The van der Waals surface area contributed by atoms with Gasteiger partial charge in [-0.15, -0.1) is 0 Å². The first-order valence-corrected chi connectivity index (χ1v) is 6.20. The average Bonchev–Trinajstić information content (AvgIpc) is 2.44. The van der Waals surface area contributed by atoms with Gasteiger partial charge in [-0.05, 0) is 6.07 Å². The number of nitrogens with two attached hydrogens (primary N) is 2. The Kier molecular flexibility index (Phi) is 5.86. The van der Waals surface area contributed by atoms with Crippen LogP contribution in [-0.4, -0.2) is 38.4 Å². The Morgan fingerprint density at radius 3 is 2.75 bits per heavy atom. The molecule has 0 saturated heterocycles. The van der Waals surface area contributed by atoms with E-state index in [1.165, 1.54) is 6.21 Å². The number of hydrogen-bond donors (Lipinski definition) is 3. The summed E-state index contributed by atoms with van der Waals surface area (Å²) in [7, 11) is 3.20. The molecule has 0 amide bonds. The van der Waals surface area contributed by atoms with Crippen molar-refractivity contribution in [2.45, 2.75) is 18.9 Å². The van der Waals surface area contributed by atoms with Gasteiger partial charge in [0, 0.05) is 60.7 Å². The van der Waals surface area contributed by atoms with E-state index in [1.54, 1.807) is 26.3 Å². The fourth-order valence-corrected chi connectivity index (χ4v) is 1.91. The second-order valence-corrected chi connectivity index (χ2v) is 4.36. The molecule has 0 radical (unpaired) electrons. The average molecular weight is 276 g/mol. The zero-order valence-electron chi connectivity index (χ0n) is 11.7. The van der Waals surface area contributed by atoms with Crippen molar-refractivity contribution in [1.29, 1.82) is 5.41 Å². The van der Waals surface area contributed by atoms with E-state index in [0.717, 1.165) is 17.6 Å². The lowest BCUT2D eigenvalue weighted by Crippen LogP contribution is -2.25. The third-order valence-electron chi connectivity index (χ3n) is 3.00. The fraction of sp³-hybridized carbons (Fsp3) is 0.357. The molecule has 1 atom stereocenters. The molecule has 0 bridgehead atoms. The number of aliphatic imine (C=N–C) groups is 1. The quantitative estimate of drug-likeness (QED) is 0.391. The molecule has 108 valence electrons. The van der Waals surface area contributed by atoms with Crippen molar-refractivity contribution in [2.24, 2.45) is 10.7 Å². The maximum Gasteiger partial charge on any atom is 0.129 e. The van der Waals surface area contributed by atoms with Crippen LogP contribution in [0.3, 0.4) is 0 Å². The topological polar surface area (TPSA) is 115 Å². The van der Waals surface area contributed by atoms with Gasteiger partial charge >= 0.3 is 0 Å². The molecule has 6 heteroatoms. The molecular weight excluding hydrogens is 256 g/mol. The number of methoxy groups -OCH3 is 1. The number of nitrogen functional groups attached to an aromatic ring is 1. The Balaban J connectivity index is 3.20. The highest BCUT2D eigenvalue weighted by Crippen LogP contribution is 2.26. The molecule has 0 spiro atoms. The van der Waals surface area contributed by atoms with Crippen LogP contribution in [-0.2, 0) is 4.79 Å². The third kappa shape index (κ3) is 3.64. The summed E-state index contributed by atoms with van der Waals surface area (Å²) in [5.41, 5.74) is 14.2. The monoisotopic (exact) mass is 276 g/mol. The first kappa shape index (κ1) is 15.8. The SMILES string of the molecule is CN=C(CC(N)CC=O)c1cc(C=N)c(N)cc1OC. The second kappa shape index (κ2) is 7.40. The molecule has 20 heavy (non-hydrogen) atoms. The van der Waals surface area contributed by atoms with Crippen LogP contribution in [0.2, 0.25) is 0 Å². The first-order chi connectivity index (χ1) is 9.57. The minimum atomic E-state index is -0.295. The molecule has 0 aromatic heterocycles. The van der Waals surface area contributed by atoms with Crippen LogP contribution in [0.4, 0.5) is 5.69 Å². The summed E-state index contributed by atoms with van der Waals surface area (Å²) in [5.74, 6) is 0.576. The highest BCUT2D eigenvalue weighted by Gasteiger charge is 2.15. The second-order valence-electron chi connectivity index (χ2n) is 4.36. The van der Waals surface area contributed by atoms with Crippen molar-refractivity contribution in [3.8, 4) is 5.75 Å². The number of rotatable bonds is 7. The summed E-state index contributed by atoms with van der Waals surface area (Å²) in [4.78, 5) is 14.7. The lowest BCUT2D eigenvalue weighted by Gasteiger charge is -2.15. The Hall–Kier alpha value is -2.21. The standard InChI is InChI=1S/C14H20N4O2/c1-18-13(6-10(16)3-4-19)11-5-9(8-15)12(17)7-14(11)20-2/h4-5,7-8,10,15H,3,6,16-17H2,1-2H3. The Labute approximate surface area is 118 Å². The largest absolute Gasteiger partial charge is 0.496 e. The van der Waals surface area contributed by atoms with Crippen LogP contribution >= 0.6 is 0 Å². The summed E-state index contributed by atoms with van der Waals surface area (Å²) < 4.78 is 5.30. The van der Waals surface area contributed by atoms with Gasteiger partial charge in [-0.2, -0.15) is 0 Å². The molecule has 1 aromatic carbocycles. The molecule has 0 heterocycles. The number of nitrogens with zero attached hydrogens (tertiary/aromatic N) is 1. The van der Waals surface area contributed by atoms with Crippen molar-refractivity contribution in [2.75, 3.05) is 19.9 Å². The first-order valence-electron chi connectivity index (χ1n) is 6.20. The van der Waals surface area contributed by atoms with E-state index >= 15 is 0 Å². The molecule has 0 aliphatic carbocycles. The summed E-state index contributed by atoms with van der Waals surface area (Å²) in [5, 5.41) is 7.36. The Morgan fingerprint density at radius 1 is 1.55 bits per heavy atom. The lowest BCUT2D eigenvalue weighted by molar-refractivity contribution is -0.108. The predicted molar refractivity (Wildman–Crippen MR) is 81.0 cm³/mol. The van der Waals surface area contributed by atoms with E-state index in [0.29, 0.717) is 23.4 Å². The van der Waals surface area contributed by atoms with E-state index in [9.17, 15) is 4.79 Å². The van der Waals surface area contributed by atoms with Crippen LogP contribution in [0.25, 0.3) is 0 Å². The normalized spacial score (nSPS) is 12.8. The molecular formula is C14H20N4O2. The number of ether oxygens (including phenoxy) is 1. The number of aldehydes is 1. The fourth-order valence-electron chi connectivity index (χ4n) is 1.91. The van der Waals surface area contributed by atoms with Gasteiger partial charge in [-0.25, -0.2) is 0 Å². The summed E-state index contributed by atoms with van der Waals surface area (Å²) in [6.07, 6.45) is 2.69. The molecule has 1 aromatic rings. The van der Waals surface area contributed by atoms with Gasteiger partial charge in [-0.3, -0.25) is 4.99 Å². The number of carbonyl (C=O) groups is 1. The van der Waals surface area contributed by atoms with Gasteiger partial charge in [-0.1, -0.05) is 0 Å². The predicted octanol–water partition coefficient (Wildman–Crippen LogP) is 1.00. The molecule has 1 unspecified atom stereocenters. The maximum absolute atomic E-state index is 10.5. The summed E-state index contributed by atoms with van der Waals surface area (Å²) in [6, 6.07) is 3.11. The highest BCUT2D eigenvalue weighted by atomic mass is 16.5. The van der Waals surface area contributed by atoms with Crippen molar-refractivity contribution in [3.05, 3.63) is 23.3 Å². The van der Waals surface area contributed by atoms with Crippen molar-refractivity contribution in [1.82, 2.24) is 0 Å². The van der Waals surface area contributed by atoms with Gasteiger partial charge < -0.3 is 26.4 Å². The number of anilines is 1. The smallest absolute Gasteiger partial charge is 0.129 e. The van der Waals surface area contributed by atoms with E-state index in [4.69, 9.17) is 21.6 Å². The zero-order valence-corrected chi connectivity index (χ0v) is 11.7. The minimum Gasteiger partial charge on any atom is -0.496 e. The number of hydrogen-bond acceptors (Lipinski definition) is 6. The van der Waals surface area contributed by atoms with Gasteiger partial charge in [0.25, 0.3) is 0 Å².